The molecule has 0 saturated carbocycles. The Morgan fingerprint density at radius 3 is 2.44 bits per heavy atom. The van der Waals surface area contributed by atoms with Crippen LogP contribution in [-0.4, -0.2) is 20.2 Å². The number of sulfonamides is 1. The molecule has 1 aromatic carbocycles. The number of carbonyl (C=O) groups is 1. The molecule has 0 saturated heterocycles. The van der Waals surface area contributed by atoms with Crippen molar-refractivity contribution < 1.29 is 13.2 Å². The zero-order valence-corrected chi connectivity index (χ0v) is 10.1. The largest absolute Gasteiger partial charge is 0.281 e. The van der Waals surface area contributed by atoms with E-state index >= 15 is 0 Å². The molecule has 0 spiro atoms. The highest BCUT2D eigenvalue weighted by Gasteiger charge is 2.11. The van der Waals surface area contributed by atoms with E-state index in [0.717, 1.165) is 0 Å². The minimum Gasteiger partial charge on any atom is -0.281 e. The van der Waals surface area contributed by atoms with E-state index < -0.39 is 15.3 Å². The lowest BCUT2D eigenvalue weighted by Gasteiger charge is -2.05. The summed E-state index contributed by atoms with van der Waals surface area (Å²) in [6, 6.07) is 8.06. The van der Waals surface area contributed by atoms with Crippen LogP contribution in [0.15, 0.2) is 35.2 Å². The molecule has 0 aromatic heterocycles. The molecule has 0 aliphatic rings. The molecule has 1 aromatic rings. The highest BCUT2D eigenvalue weighted by Crippen LogP contribution is 2.07. The molecule has 0 aliphatic heterocycles. The molecule has 0 aliphatic carbocycles. The Hall–Kier alpha value is -0.910. The quantitative estimate of drug-likeness (QED) is 0.624. The Bertz CT molecular complexity index is 444. The van der Waals surface area contributed by atoms with E-state index in [9.17, 15) is 13.2 Å². The monoisotopic (exact) mass is 261 g/mol. The first-order chi connectivity index (χ1) is 7.52. The van der Waals surface area contributed by atoms with Gasteiger partial charge in [-0.25, -0.2) is 13.1 Å². The predicted octanol–water partition coefficient (Wildman–Crippen LogP) is 1.51. The van der Waals surface area contributed by atoms with Gasteiger partial charge in [0.25, 0.3) is 0 Å². The third-order valence-electron chi connectivity index (χ3n) is 1.90. The maximum Gasteiger partial charge on any atom is 0.240 e. The first-order valence-corrected chi connectivity index (χ1v) is 6.61. The maximum absolute atomic E-state index is 11.6. The molecule has 88 valence electrons. The van der Waals surface area contributed by atoms with Gasteiger partial charge in [-0.15, -0.1) is 0 Å². The highest BCUT2D eigenvalue weighted by atomic mass is 35.5. The van der Waals surface area contributed by atoms with Gasteiger partial charge in [0.1, 0.15) is 0 Å². The molecule has 1 rings (SSSR count). The molecule has 0 heterocycles. The third kappa shape index (κ3) is 4.30. The molecule has 6 heteroatoms. The van der Waals surface area contributed by atoms with Crippen molar-refractivity contribution in [3.05, 3.63) is 30.3 Å². The SMILES string of the molecule is O=C(Cl)CCCNS(=O)(=O)c1ccccc1. The van der Waals surface area contributed by atoms with Crippen molar-refractivity contribution in [1.29, 1.82) is 0 Å². The lowest BCUT2D eigenvalue weighted by Crippen LogP contribution is -2.24. The Morgan fingerprint density at radius 1 is 1.25 bits per heavy atom. The standard InChI is InChI=1S/C10H12ClNO3S/c11-10(13)7-4-8-12-16(14,15)9-5-2-1-3-6-9/h1-3,5-6,12H,4,7-8H2. The van der Waals surface area contributed by atoms with Crippen LogP contribution in [-0.2, 0) is 14.8 Å². The minimum atomic E-state index is -3.46. The molecule has 0 unspecified atom stereocenters. The van der Waals surface area contributed by atoms with Crippen LogP contribution in [0.1, 0.15) is 12.8 Å². The van der Waals surface area contributed by atoms with Crippen molar-refractivity contribution in [3.8, 4) is 0 Å². The van der Waals surface area contributed by atoms with Crippen LogP contribution in [0.3, 0.4) is 0 Å². The second kappa shape index (κ2) is 5.98. The number of rotatable bonds is 6. The predicted molar refractivity (Wildman–Crippen MR) is 61.7 cm³/mol. The molecular weight excluding hydrogens is 250 g/mol. The Kier molecular flexibility index (Phi) is 4.92. The smallest absolute Gasteiger partial charge is 0.240 e. The van der Waals surface area contributed by atoms with Crippen LogP contribution in [0.4, 0.5) is 0 Å². The first kappa shape index (κ1) is 13.2. The number of benzene rings is 1. The number of hydrogen-bond donors (Lipinski definition) is 1. The summed E-state index contributed by atoms with van der Waals surface area (Å²) in [4.78, 5) is 10.6. The van der Waals surface area contributed by atoms with Crippen LogP contribution in [0, 0.1) is 0 Å². The summed E-state index contributed by atoms with van der Waals surface area (Å²) < 4.78 is 25.7. The average molecular weight is 262 g/mol. The summed E-state index contributed by atoms with van der Waals surface area (Å²) in [7, 11) is -3.46. The molecular formula is C10H12ClNO3S. The Morgan fingerprint density at radius 2 is 1.88 bits per heavy atom. The topological polar surface area (TPSA) is 63.2 Å². The van der Waals surface area contributed by atoms with Crippen molar-refractivity contribution in [2.24, 2.45) is 0 Å². The fourth-order valence-corrected chi connectivity index (χ4v) is 2.35. The minimum absolute atomic E-state index is 0.166. The number of carbonyl (C=O) groups excluding carboxylic acids is 1. The van der Waals surface area contributed by atoms with Crippen LogP contribution in [0.25, 0.3) is 0 Å². The summed E-state index contributed by atoms with van der Waals surface area (Å²) in [6.45, 7) is 0.204. The van der Waals surface area contributed by atoms with E-state index in [-0.39, 0.29) is 17.9 Å². The van der Waals surface area contributed by atoms with Crippen LogP contribution in [0.5, 0.6) is 0 Å². The summed E-state index contributed by atoms with van der Waals surface area (Å²) in [5.41, 5.74) is 0. The lowest BCUT2D eigenvalue weighted by molar-refractivity contribution is -0.111. The van der Waals surface area contributed by atoms with E-state index in [1.165, 1.54) is 12.1 Å². The van der Waals surface area contributed by atoms with E-state index in [1.54, 1.807) is 18.2 Å². The van der Waals surface area contributed by atoms with Crippen LogP contribution >= 0.6 is 11.6 Å². The van der Waals surface area contributed by atoms with Gasteiger partial charge in [-0.3, -0.25) is 4.79 Å². The molecule has 0 fully saturated rings. The average Bonchev–Trinajstić information content (AvgIpc) is 2.26. The zero-order valence-electron chi connectivity index (χ0n) is 8.52. The zero-order chi connectivity index (χ0) is 12.0. The molecule has 16 heavy (non-hydrogen) atoms. The Labute approximate surface area is 99.7 Å². The van der Waals surface area contributed by atoms with Gasteiger partial charge >= 0.3 is 0 Å². The second-order valence-corrected chi connectivity index (χ2v) is 5.36. The van der Waals surface area contributed by atoms with E-state index in [2.05, 4.69) is 4.72 Å². The van der Waals surface area contributed by atoms with Gasteiger partial charge in [0.15, 0.2) is 0 Å². The molecule has 0 amide bonds. The Balaban J connectivity index is 2.51. The molecule has 0 atom stereocenters. The fourth-order valence-electron chi connectivity index (χ4n) is 1.12. The van der Waals surface area contributed by atoms with Crippen molar-refractivity contribution in [2.75, 3.05) is 6.54 Å². The second-order valence-electron chi connectivity index (χ2n) is 3.17. The van der Waals surface area contributed by atoms with Gasteiger partial charge in [-0.1, -0.05) is 18.2 Å². The third-order valence-corrected chi connectivity index (χ3v) is 3.56. The normalized spacial score (nSPS) is 11.3. The number of nitrogens with one attached hydrogen (secondary N) is 1. The number of halogens is 1. The van der Waals surface area contributed by atoms with Gasteiger partial charge in [0.05, 0.1) is 4.90 Å². The van der Waals surface area contributed by atoms with Crippen molar-refractivity contribution in [3.63, 3.8) is 0 Å². The molecule has 4 nitrogen and oxygen atoms in total. The summed E-state index contributed by atoms with van der Waals surface area (Å²) in [5, 5.41) is -0.459. The number of hydrogen-bond acceptors (Lipinski definition) is 3. The van der Waals surface area contributed by atoms with E-state index in [1.807, 2.05) is 0 Å². The van der Waals surface area contributed by atoms with Gasteiger partial charge in [0, 0.05) is 13.0 Å². The summed E-state index contributed by atoms with van der Waals surface area (Å²) >= 11 is 5.13. The summed E-state index contributed by atoms with van der Waals surface area (Å²) in [6.07, 6.45) is 0.563. The lowest BCUT2D eigenvalue weighted by atomic mass is 10.3. The van der Waals surface area contributed by atoms with Crippen molar-refractivity contribution >= 4 is 26.9 Å². The van der Waals surface area contributed by atoms with Crippen molar-refractivity contribution in [2.45, 2.75) is 17.7 Å². The van der Waals surface area contributed by atoms with Gasteiger partial charge in [0.2, 0.25) is 15.3 Å². The molecule has 0 bridgehead atoms. The maximum atomic E-state index is 11.6. The fraction of sp³-hybridized carbons (Fsp3) is 0.300. The molecule has 1 N–H and O–H groups in total. The van der Waals surface area contributed by atoms with E-state index in [4.69, 9.17) is 11.6 Å². The van der Waals surface area contributed by atoms with Gasteiger partial charge in [-0.2, -0.15) is 0 Å². The first-order valence-electron chi connectivity index (χ1n) is 4.75. The van der Waals surface area contributed by atoms with Gasteiger partial charge < -0.3 is 0 Å². The van der Waals surface area contributed by atoms with Crippen molar-refractivity contribution in [1.82, 2.24) is 4.72 Å². The summed E-state index contributed by atoms with van der Waals surface area (Å²) in [5.74, 6) is 0. The van der Waals surface area contributed by atoms with Crippen LogP contribution in [0.2, 0.25) is 0 Å². The molecule has 0 radical (unpaired) electrons. The van der Waals surface area contributed by atoms with E-state index in [0.29, 0.717) is 6.42 Å². The van der Waals surface area contributed by atoms with Gasteiger partial charge in [-0.05, 0) is 30.2 Å². The van der Waals surface area contributed by atoms with Crippen LogP contribution < -0.4 is 4.72 Å². The highest BCUT2D eigenvalue weighted by molar-refractivity contribution is 7.89.